The van der Waals surface area contributed by atoms with Crippen LogP contribution in [0.4, 0.5) is 0 Å². The Balaban J connectivity index is 2.54. The molecule has 0 heterocycles. The molecule has 328 valence electrons. The fourth-order valence-electron chi connectivity index (χ4n) is 5.97. The van der Waals surface area contributed by atoms with Gasteiger partial charge in [0.05, 0.1) is 6.61 Å². The summed E-state index contributed by atoms with van der Waals surface area (Å²) in [5.74, 6) is -1.17. The minimum absolute atomic E-state index is 0.0839. The van der Waals surface area contributed by atoms with Gasteiger partial charge in [-0.15, -0.1) is 0 Å². The van der Waals surface area contributed by atoms with Crippen LogP contribution in [0.3, 0.4) is 0 Å². The summed E-state index contributed by atoms with van der Waals surface area (Å²) in [4.78, 5) is 35.5. The largest absolute Gasteiger partial charge is 0.472 e. The maximum absolute atomic E-state index is 12.8. The van der Waals surface area contributed by atoms with E-state index in [1.54, 1.807) is 0 Å². The van der Waals surface area contributed by atoms with E-state index in [2.05, 4.69) is 62.5 Å². The van der Waals surface area contributed by atoms with E-state index in [0.29, 0.717) is 19.3 Å². The molecule has 0 aromatic heterocycles. The molecule has 6 unspecified atom stereocenters. The second-order valence-electron chi connectivity index (χ2n) is 14.5. The second kappa shape index (κ2) is 33.4. The number of unbranched alkanes of at least 4 members (excludes halogenated alkanes) is 11. The first-order chi connectivity index (χ1) is 27.4. The van der Waals surface area contributed by atoms with Crippen molar-refractivity contribution in [3.8, 4) is 0 Å². The van der Waals surface area contributed by atoms with Gasteiger partial charge in [-0.2, -0.15) is 0 Å². The third-order valence-electron chi connectivity index (χ3n) is 9.37. The molecule has 57 heavy (non-hydrogen) atoms. The quantitative estimate of drug-likeness (QED) is 0.0165. The first kappa shape index (κ1) is 52.6. The van der Waals surface area contributed by atoms with Gasteiger partial charge in [-0.05, 0) is 51.4 Å². The number of phosphoric ester groups is 1. The Kier molecular flexibility index (Phi) is 30.8. The average molecular weight is 829 g/mol. The van der Waals surface area contributed by atoms with Gasteiger partial charge < -0.3 is 39.9 Å². The molecule has 0 aromatic carbocycles. The van der Waals surface area contributed by atoms with Gasteiger partial charge in [0, 0.05) is 12.8 Å². The van der Waals surface area contributed by atoms with E-state index in [0.717, 1.165) is 57.8 Å². The molecule has 0 aromatic rings. The number of hydrogen-bond donors (Lipinski definition) is 6. The Labute approximate surface area is 341 Å². The standard InChI is InChI=1S/C43H73O13P/c1-3-5-7-9-11-13-15-16-17-18-19-20-22-23-25-27-29-31-36(44)53-33-35(55-37(45)32-30-28-26-24-21-14-12-10-8-6-4-2)34-54-57(51,52)56-43-41(49)39(47)38(46)40(48)42(43)50/h5,7,11,13,16-17,19-20,23,25,35,38-43,46-50H,3-4,6,8-10,12,14-15,18,21-22,24,26-34H2,1-2H3,(H,51,52)/b7-5-,13-11-,17-16-,20-19-,25-23-/t35-,38?,39-,40?,41?,42?,43?/m1/s1. The topological polar surface area (TPSA) is 210 Å². The predicted octanol–water partition coefficient (Wildman–Crippen LogP) is 7.38. The molecule has 1 aliphatic rings. The molecule has 0 aliphatic heterocycles. The minimum Gasteiger partial charge on any atom is -0.462 e. The molecule has 14 heteroatoms. The molecule has 1 fully saturated rings. The van der Waals surface area contributed by atoms with Crippen molar-refractivity contribution < 1.29 is 63.1 Å². The second-order valence-corrected chi connectivity index (χ2v) is 15.9. The van der Waals surface area contributed by atoms with E-state index >= 15 is 0 Å². The molecular weight excluding hydrogens is 755 g/mol. The number of ether oxygens (including phenoxy) is 2. The van der Waals surface area contributed by atoms with Crippen molar-refractivity contribution in [1.29, 1.82) is 0 Å². The van der Waals surface area contributed by atoms with Crippen LogP contribution in [0.2, 0.25) is 0 Å². The van der Waals surface area contributed by atoms with Crippen LogP contribution in [0.1, 0.15) is 142 Å². The van der Waals surface area contributed by atoms with Gasteiger partial charge in [0.2, 0.25) is 0 Å². The first-order valence-corrected chi connectivity index (χ1v) is 22.6. The lowest BCUT2D eigenvalue weighted by atomic mass is 9.85. The van der Waals surface area contributed by atoms with E-state index in [4.69, 9.17) is 18.5 Å². The fraction of sp³-hybridized carbons (Fsp3) is 0.721. The molecule has 13 nitrogen and oxygen atoms in total. The number of esters is 2. The normalized spacial score (nSPS) is 23.3. The Bertz CT molecular complexity index is 1230. The Morgan fingerprint density at radius 2 is 1.00 bits per heavy atom. The zero-order valence-electron chi connectivity index (χ0n) is 34.4. The van der Waals surface area contributed by atoms with Gasteiger partial charge in [0.25, 0.3) is 0 Å². The monoisotopic (exact) mass is 828 g/mol. The van der Waals surface area contributed by atoms with Crippen LogP contribution in [0, 0.1) is 0 Å². The third kappa shape index (κ3) is 26.3. The van der Waals surface area contributed by atoms with E-state index in [9.17, 15) is 44.6 Å². The number of aliphatic hydroxyl groups is 5. The van der Waals surface area contributed by atoms with E-state index in [1.807, 2.05) is 12.2 Å². The molecule has 0 amide bonds. The predicted molar refractivity (Wildman–Crippen MR) is 221 cm³/mol. The van der Waals surface area contributed by atoms with Crippen LogP contribution in [-0.2, 0) is 32.7 Å². The van der Waals surface area contributed by atoms with Gasteiger partial charge in [-0.3, -0.25) is 18.6 Å². The van der Waals surface area contributed by atoms with Crippen molar-refractivity contribution in [1.82, 2.24) is 0 Å². The van der Waals surface area contributed by atoms with Crippen LogP contribution in [0.5, 0.6) is 0 Å². The summed E-state index contributed by atoms with van der Waals surface area (Å²) in [6.07, 6.45) is 25.8. The molecule has 0 saturated heterocycles. The lowest BCUT2D eigenvalue weighted by Crippen LogP contribution is -2.64. The summed E-state index contributed by atoms with van der Waals surface area (Å²) >= 11 is 0. The SMILES string of the molecule is CC/C=C\C/C=C\C/C=C\C/C=C\C/C=C\CCCC(=O)OC[C@H](COP(=O)(O)OC1C(O)C(O)C(O)[C@@H](O)C1O)OC(=O)CCCCCCCCCCCCC. The van der Waals surface area contributed by atoms with Crippen LogP contribution in [-0.4, -0.2) is 98.3 Å². The van der Waals surface area contributed by atoms with Crippen molar-refractivity contribution in [2.45, 2.75) is 185 Å². The summed E-state index contributed by atoms with van der Waals surface area (Å²) in [5.41, 5.74) is 0. The zero-order valence-corrected chi connectivity index (χ0v) is 35.3. The summed E-state index contributed by atoms with van der Waals surface area (Å²) in [6.45, 7) is 3.10. The Hall–Kier alpha value is -2.45. The van der Waals surface area contributed by atoms with E-state index in [1.165, 1.54) is 38.5 Å². The molecule has 8 atom stereocenters. The van der Waals surface area contributed by atoms with Crippen LogP contribution in [0.15, 0.2) is 60.8 Å². The Morgan fingerprint density at radius 1 is 0.561 bits per heavy atom. The van der Waals surface area contributed by atoms with Crippen LogP contribution in [0.25, 0.3) is 0 Å². The summed E-state index contributed by atoms with van der Waals surface area (Å²) < 4.78 is 33.3. The van der Waals surface area contributed by atoms with E-state index < -0.39 is 75.7 Å². The van der Waals surface area contributed by atoms with Gasteiger partial charge in [-0.1, -0.05) is 139 Å². The third-order valence-corrected chi connectivity index (χ3v) is 10.4. The molecule has 0 bridgehead atoms. The first-order valence-electron chi connectivity index (χ1n) is 21.1. The van der Waals surface area contributed by atoms with Crippen LogP contribution >= 0.6 is 7.82 Å². The highest BCUT2D eigenvalue weighted by Gasteiger charge is 2.51. The zero-order chi connectivity index (χ0) is 42.2. The number of carbonyl (C=O) groups is 2. The number of aliphatic hydroxyl groups excluding tert-OH is 5. The van der Waals surface area contributed by atoms with Crippen LogP contribution < -0.4 is 0 Å². The summed E-state index contributed by atoms with van der Waals surface area (Å²) in [7, 11) is -5.13. The highest BCUT2D eigenvalue weighted by atomic mass is 31.2. The number of allylic oxidation sites excluding steroid dienone is 10. The maximum atomic E-state index is 12.8. The lowest BCUT2D eigenvalue weighted by molar-refractivity contribution is -0.220. The fourth-order valence-corrected chi connectivity index (χ4v) is 6.94. The van der Waals surface area contributed by atoms with Crippen molar-refractivity contribution in [2.75, 3.05) is 13.2 Å². The highest BCUT2D eigenvalue weighted by Crippen LogP contribution is 2.47. The highest BCUT2D eigenvalue weighted by molar-refractivity contribution is 7.47. The average Bonchev–Trinajstić information content (AvgIpc) is 3.19. The molecule has 1 saturated carbocycles. The lowest BCUT2D eigenvalue weighted by Gasteiger charge is -2.41. The Morgan fingerprint density at radius 3 is 1.51 bits per heavy atom. The van der Waals surface area contributed by atoms with Gasteiger partial charge in [0.15, 0.2) is 6.10 Å². The van der Waals surface area contributed by atoms with Crippen molar-refractivity contribution in [3.05, 3.63) is 60.8 Å². The number of rotatable bonds is 33. The molecule has 1 rings (SSSR count). The molecule has 1 aliphatic carbocycles. The minimum atomic E-state index is -5.13. The number of hydrogen-bond acceptors (Lipinski definition) is 12. The maximum Gasteiger partial charge on any atom is 0.472 e. The van der Waals surface area contributed by atoms with Gasteiger partial charge in [-0.25, -0.2) is 4.57 Å². The van der Waals surface area contributed by atoms with E-state index in [-0.39, 0.29) is 12.8 Å². The molecule has 0 spiro atoms. The molecule has 6 N–H and O–H groups in total. The number of phosphoric acid groups is 1. The molecular formula is C43H73O13P. The smallest absolute Gasteiger partial charge is 0.462 e. The van der Waals surface area contributed by atoms with Crippen molar-refractivity contribution in [3.63, 3.8) is 0 Å². The number of carbonyl (C=O) groups excluding carboxylic acids is 2. The van der Waals surface area contributed by atoms with Gasteiger partial charge >= 0.3 is 19.8 Å². The van der Waals surface area contributed by atoms with Crippen molar-refractivity contribution in [2.24, 2.45) is 0 Å². The molecule has 0 radical (unpaired) electrons. The summed E-state index contributed by atoms with van der Waals surface area (Å²) in [5, 5.41) is 50.0. The summed E-state index contributed by atoms with van der Waals surface area (Å²) in [6, 6.07) is 0. The van der Waals surface area contributed by atoms with Crippen molar-refractivity contribution >= 4 is 19.8 Å². The van der Waals surface area contributed by atoms with Gasteiger partial charge in [0.1, 0.15) is 43.2 Å².